The van der Waals surface area contributed by atoms with Crippen LogP contribution in [0.15, 0.2) is 23.8 Å². The van der Waals surface area contributed by atoms with Crippen LogP contribution in [-0.4, -0.2) is 11.0 Å². The summed E-state index contributed by atoms with van der Waals surface area (Å²) in [4.78, 5) is 25.8. The van der Waals surface area contributed by atoms with E-state index in [1.54, 1.807) is 0 Å². The van der Waals surface area contributed by atoms with E-state index in [0.717, 1.165) is 51.4 Å². The Hall–Kier alpha value is -1.40. The van der Waals surface area contributed by atoms with Gasteiger partial charge in [-0.2, -0.15) is 5.26 Å². The van der Waals surface area contributed by atoms with Crippen molar-refractivity contribution in [1.29, 1.82) is 5.26 Å². The summed E-state index contributed by atoms with van der Waals surface area (Å²) in [6.07, 6.45) is 11.3. The molecule has 4 aliphatic carbocycles. The van der Waals surface area contributed by atoms with Gasteiger partial charge in [0.25, 0.3) is 0 Å². The second kappa shape index (κ2) is 8.86. The topological polar surface area (TPSA) is 57.9 Å². The van der Waals surface area contributed by atoms with E-state index in [1.165, 1.54) is 12.0 Å². The van der Waals surface area contributed by atoms with Gasteiger partial charge in [-0.3, -0.25) is 9.59 Å². The highest BCUT2D eigenvalue weighted by Crippen LogP contribution is 2.75. The Morgan fingerprint density at radius 1 is 1.03 bits per heavy atom. The first-order valence-electron chi connectivity index (χ1n) is 13.8. The number of hydrogen-bond acceptors (Lipinski definition) is 3. The lowest BCUT2D eigenvalue weighted by atomic mass is 9.35. The summed E-state index contributed by atoms with van der Waals surface area (Å²) < 4.78 is 0. The van der Waals surface area contributed by atoms with Gasteiger partial charge in [0.05, 0.1) is 5.57 Å². The van der Waals surface area contributed by atoms with Crippen molar-refractivity contribution in [3.8, 4) is 6.07 Å². The number of nitriles is 1. The Morgan fingerprint density at radius 3 is 2.29 bits per heavy atom. The number of hydrogen-bond donors (Lipinski definition) is 0. The highest BCUT2D eigenvalue weighted by Gasteiger charge is 2.69. The maximum atomic E-state index is 13.0. The molecule has 0 bridgehead atoms. The molecule has 0 N–H and O–H groups in total. The summed E-state index contributed by atoms with van der Waals surface area (Å²) in [6.45, 7) is 17.5. The van der Waals surface area contributed by atoms with Crippen LogP contribution in [0.1, 0.15) is 99.3 Å². The quantitative estimate of drug-likeness (QED) is 0.167. The molecule has 4 heteroatoms. The molecular weight excluding hydrogens is 454 g/mol. The van der Waals surface area contributed by atoms with E-state index >= 15 is 0 Å². The molecule has 4 saturated carbocycles. The normalized spacial score (nSPS) is 45.2. The highest BCUT2D eigenvalue weighted by molar-refractivity contribution is 6.64. The summed E-state index contributed by atoms with van der Waals surface area (Å²) in [7, 11) is 0. The van der Waals surface area contributed by atoms with Crippen LogP contribution in [-0.2, 0) is 9.59 Å². The number of nitrogens with zero attached hydrogens (tertiary/aromatic N) is 1. The highest BCUT2D eigenvalue weighted by atomic mass is 35.5. The minimum Gasteiger partial charge on any atom is -0.293 e. The van der Waals surface area contributed by atoms with Crippen LogP contribution in [0.2, 0.25) is 0 Å². The second-order valence-corrected chi connectivity index (χ2v) is 13.9. The van der Waals surface area contributed by atoms with Crippen LogP contribution >= 0.6 is 11.6 Å². The van der Waals surface area contributed by atoms with Crippen LogP contribution in [0.5, 0.6) is 0 Å². The molecule has 0 aromatic heterocycles. The third-order valence-corrected chi connectivity index (χ3v) is 12.1. The van der Waals surface area contributed by atoms with Crippen LogP contribution in [0, 0.1) is 62.6 Å². The molecule has 0 aliphatic heterocycles. The average molecular weight is 498 g/mol. The fourth-order valence-corrected chi connectivity index (χ4v) is 10.1. The minimum absolute atomic E-state index is 0.0424. The van der Waals surface area contributed by atoms with Gasteiger partial charge >= 0.3 is 0 Å². The predicted molar refractivity (Wildman–Crippen MR) is 141 cm³/mol. The first-order valence-corrected chi connectivity index (χ1v) is 14.2. The van der Waals surface area contributed by atoms with Crippen molar-refractivity contribution in [1.82, 2.24) is 0 Å². The fraction of sp³-hybridized carbons (Fsp3) is 0.774. The molecule has 0 spiro atoms. The van der Waals surface area contributed by atoms with Crippen molar-refractivity contribution >= 4 is 22.6 Å². The van der Waals surface area contributed by atoms with E-state index < -0.39 is 5.41 Å². The zero-order valence-corrected chi connectivity index (χ0v) is 23.4. The van der Waals surface area contributed by atoms with Crippen molar-refractivity contribution < 1.29 is 9.59 Å². The van der Waals surface area contributed by atoms with Gasteiger partial charge in [-0.05, 0) is 110 Å². The Balaban J connectivity index is 1.77. The van der Waals surface area contributed by atoms with Crippen LogP contribution in [0.4, 0.5) is 0 Å². The largest absolute Gasteiger partial charge is 0.293 e. The van der Waals surface area contributed by atoms with E-state index in [0.29, 0.717) is 23.3 Å². The lowest BCUT2D eigenvalue weighted by molar-refractivity contribution is -0.197. The summed E-state index contributed by atoms with van der Waals surface area (Å²) in [5.74, 6) is 1.29. The fourth-order valence-electron chi connectivity index (χ4n) is 9.82. The zero-order chi connectivity index (χ0) is 26.0. The minimum atomic E-state index is -0.395. The lowest BCUT2D eigenvalue weighted by Crippen LogP contribution is -2.63. The molecule has 0 saturated heterocycles. The first kappa shape index (κ1) is 26.7. The van der Waals surface area contributed by atoms with Gasteiger partial charge in [0.15, 0.2) is 5.78 Å². The molecule has 0 amide bonds. The van der Waals surface area contributed by atoms with Gasteiger partial charge < -0.3 is 0 Å². The van der Waals surface area contributed by atoms with E-state index in [2.05, 4.69) is 46.4 Å². The van der Waals surface area contributed by atoms with Crippen LogP contribution < -0.4 is 0 Å². The van der Waals surface area contributed by atoms with E-state index in [4.69, 9.17) is 11.6 Å². The van der Waals surface area contributed by atoms with Gasteiger partial charge in [-0.25, -0.2) is 0 Å². The van der Waals surface area contributed by atoms with Crippen LogP contribution in [0.25, 0.3) is 0 Å². The van der Waals surface area contributed by atoms with E-state index in [-0.39, 0.29) is 39.1 Å². The standard InChI is InChI=1S/C31H44ClNO2/c1-19(2)22-11-14-31(27(32)35)16-15-29(6)23(25(22)31)9-10-24-28(5,12-8-13-30(24,29)7)17-21(18-33)26(34)20(3)4/h17,20,22-25H,1,8-16H2,2-7H3. The number of halogens is 1. The van der Waals surface area contributed by atoms with E-state index in [9.17, 15) is 14.9 Å². The van der Waals surface area contributed by atoms with Gasteiger partial charge in [-0.1, -0.05) is 59.3 Å². The number of rotatable bonds is 5. The molecule has 3 nitrogen and oxygen atoms in total. The predicted octanol–water partition coefficient (Wildman–Crippen LogP) is 8.04. The van der Waals surface area contributed by atoms with Crippen molar-refractivity contribution in [3.05, 3.63) is 23.8 Å². The van der Waals surface area contributed by atoms with Gasteiger partial charge in [0.1, 0.15) is 6.07 Å². The Morgan fingerprint density at radius 2 is 1.71 bits per heavy atom. The molecule has 4 fully saturated rings. The summed E-state index contributed by atoms with van der Waals surface area (Å²) in [5, 5.41) is 9.74. The Labute approximate surface area is 217 Å². The zero-order valence-electron chi connectivity index (χ0n) is 22.7. The molecule has 0 aromatic rings. The number of ketones is 1. The average Bonchev–Trinajstić information content (AvgIpc) is 3.19. The van der Waals surface area contributed by atoms with Crippen LogP contribution in [0.3, 0.4) is 0 Å². The Kier molecular flexibility index (Phi) is 6.75. The number of allylic oxidation sites excluding steroid dienone is 3. The molecule has 0 aromatic carbocycles. The smallest absolute Gasteiger partial charge is 0.228 e. The number of fused-ring (bicyclic) bond motifs is 5. The van der Waals surface area contributed by atoms with Gasteiger partial charge in [0.2, 0.25) is 5.24 Å². The molecule has 0 radical (unpaired) electrons. The summed E-state index contributed by atoms with van der Waals surface area (Å²) >= 11 is 6.40. The number of carbonyl (C=O) groups excluding carboxylic acids is 2. The summed E-state index contributed by atoms with van der Waals surface area (Å²) in [5.41, 5.74) is 1.16. The molecular formula is C31H44ClNO2. The van der Waals surface area contributed by atoms with E-state index in [1.807, 2.05) is 13.8 Å². The molecule has 35 heavy (non-hydrogen) atoms. The molecule has 4 aliphatic rings. The second-order valence-electron chi connectivity index (χ2n) is 13.6. The molecule has 8 atom stereocenters. The van der Waals surface area contributed by atoms with Gasteiger partial charge in [-0.15, -0.1) is 0 Å². The maximum Gasteiger partial charge on any atom is 0.228 e. The summed E-state index contributed by atoms with van der Waals surface area (Å²) in [6, 6.07) is 2.25. The third kappa shape index (κ3) is 3.72. The van der Waals surface area contributed by atoms with Crippen molar-refractivity contribution in [3.63, 3.8) is 0 Å². The van der Waals surface area contributed by atoms with Crippen molar-refractivity contribution in [2.75, 3.05) is 0 Å². The monoisotopic (exact) mass is 497 g/mol. The molecule has 192 valence electrons. The molecule has 4 rings (SSSR count). The first-order chi connectivity index (χ1) is 16.3. The number of carbonyl (C=O) groups is 2. The van der Waals surface area contributed by atoms with Crippen molar-refractivity contribution in [2.45, 2.75) is 99.3 Å². The number of Topliss-reactive ketones (excluding diaryl/α,β-unsaturated/α-hetero) is 1. The molecule has 8 unspecified atom stereocenters. The maximum absolute atomic E-state index is 13.0. The van der Waals surface area contributed by atoms with Gasteiger partial charge in [0, 0.05) is 11.3 Å². The van der Waals surface area contributed by atoms with Crippen molar-refractivity contribution in [2.24, 2.45) is 51.2 Å². The molecule has 0 heterocycles. The Bertz CT molecular complexity index is 1010. The third-order valence-electron chi connectivity index (χ3n) is 11.8. The lowest BCUT2D eigenvalue weighted by Gasteiger charge is -2.69. The SMILES string of the molecule is C=C(C)C1CCC2(C(=O)Cl)CCC3(C)C(CCC4C(C)(C=C(C#N)C(=O)C(C)C)CCCC43C)C12.